The number of hydrogen-bond donors (Lipinski definition) is 1. The Morgan fingerprint density at radius 3 is 1.81 bits per heavy atom. The first-order chi connectivity index (χ1) is 15.1. The summed E-state index contributed by atoms with van der Waals surface area (Å²) in [6.07, 6.45) is 6.52. The molecule has 0 aliphatic carbocycles. The van der Waals surface area contributed by atoms with Crippen molar-refractivity contribution in [1.82, 2.24) is 9.97 Å². The molecule has 2 aromatic rings. The summed E-state index contributed by atoms with van der Waals surface area (Å²) in [4.78, 5) is 7.95. The van der Waals surface area contributed by atoms with Crippen LogP contribution in [0.15, 0.2) is 41.4 Å². The molecule has 4 rings (SSSR count). The maximum absolute atomic E-state index is 5.62. The third-order valence-corrected chi connectivity index (χ3v) is 4.85. The quantitative estimate of drug-likeness (QED) is 0.622. The van der Waals surface area contributed by atoms with E-state index < -0.39 is 11.6 Å². The second-order valence-electron chi connectivity index (χ2n) is 8.32. The number of nitrogen functional groups attached to an aromatic ring is 1. The van der Waals surface area contributed by atoms with Gasteiger partial charge in [0.1, 0.15) is 36.9 Å². The van der Waals surface area contributed by atoms with Crippen LogP contribution < -0.4 is 15.2 Å². The van der Waals surface area contributed by atoms with Gasteiger partial charge in [0.25, 0.3) is 0 Å². The van der Waals surface area contributed by atoms with Crippen molar-refractivity contribution in [3.05, 3.63) is 41.4 Å². The van der Waals surface area contributed by atoms with E-state index in [2.05, 4.69) is 25.9 Å². The molecule has 2 atom stereocenters. The molecule has 4 heterocycles. The second-order valence-corrected chi connectivity index (χ2v) is 9.23. The second kappa shape index (κ2) is 10.8. The van der Waals surface area contributed by atoms with Crippen molar-refractivity contribution in [2.75, 3.05) is 32.2 Å². The highest BCUT2D eigenvalue weighted by Crippen LogP contribution is 2.24. The van der Waals surface area contributed by atoms with Gasteiger partial charge in [-0.2, -0.15) is 0 Å². The molecule has 0 unspecified atom stereocenters. The van der Waals surface area contributed by atoms with Gasteiger partial charge in [0.15, 0.2) is 11.6 Å². The molecule has 0 saturated carbocycles. The molecular formula is C22H30BrN3O6. The van der Waals surface area contributed by atoms with Gasteiger partial charge in [-0.3, -0.25) is 9.97 Å². The average molecular weight is 512 g/mol. The number of anilines is 1. The topological polar surface area (TPSA) is 107 Å². The summed E-state index contributed by atoms with van der Waals surface area (Å²) in [6, 6.07) is 3.60. The lowest BCUT2D eigenvalue weighted by Crippen LogP contribution is -2.25. The largest absolute Gasteiger partial charge is 0.489 e. The number of nitrogens with zero attached hydrogens (tertiary/aromatic N) is 2. The van der Waals surface area contributed by atoms with Crippen molar-refractivity contribution in [1.29, 1.82) is 0 Å². The van der Waals surface area contributed by atoms with E-state index in [9.17, 15) is 0 Å². The molecule has 0 radical (unpaired) electrons. The third-order valence-electron chi connectivity index (χ3n) is 4.42. The van der Waals surface area contributed by atoms with E-state index in [1.54, 1.807) is 30.9 Å². The Balaban J connectivity index is 0.000000181. The standard InChI is InChI=1S/C11H14BrNO3.C11H16N2O3/c2*1-11(2)15-7-10(16-11)6-14-9-3-8(12)4-13-5-9/h3-5,10H,6-7H2,1-2H3;3-5,10H,6-7,12H2,1-2H3/t2*10-/m11/s1. The summed E-state index contributed by atoms with van der Waals surface area (Å²) in [7, 11) is 0. The Labute approximate surface area is 196 Å². The monoisotopic (exact) mass is 511 g/mol. The van der Waals surface area contributed by atoms with Gasteiger partial charge in [-0.1, -0.05) is 0 Å². The van der Waals surface area contributed by atoms with Crippen molar-refractivity contribution in [2.24, 2.45) is 0 Å². The predicted octanol–water partition coefficient (Wildman–Crippen LogP) is 3.57. The smallest absolute Gasteiger partial charge is 0.163 e. The molecule has 2 aliphatic heterocycles. The van der Waals surface area contributed by atoms with E-state index in [4.69, 9.17) is 34.2 Å². The summed E-state index contributed by atoms with van der Waals surface area (Å²) in [6.45, 7) is 9.58. The van der Waals surface area contributed by atoms with Gasteiger partial charge in [0.05, 0.1) is 37.5 Å². The number of hydrogen-bond acceptors (Lipinski definition) is 9. The van der Waals surface area contributed by atoms with Crippen LogP contribution >= 0.6 is 15.9 Å². The number of pyridine rings is 2. The lowest BCUT2D eigenvalue weighted by atomic mass is 10.4. The Kier molecular flexibility index (Phi) is 8.29. The number of aromatic nitrogens is 2. The van der Waals surface area contributed by atoms with E-state index in [-0.39, 0.29) is 12.2 Å². The van der Waals surface area contributed by atoms with Gasteiger partial charge < -0.3 is 34.2 Å². The highest BCUT2D eigenvalue weighted by Gasteiger charge is 2.33. The van der Waals surface area contributed by atoms with Gasteiger partial charge >= 0.3 is 0 Å². The Morgan fingerprint density at radius 2 is 1.38 bits per heavy atom. The highest BCUT2D eigenvalue weighted by atomic mass is 79.9. The fourth-order valence-electron chi connectivity index (χ4n) is 3.05. The molecular weight excluding hydrogens is 482 g/mol. The van der Waals surface area contributed by atoms with Crippen molar-refractivity contribution >= 4 is 21.6 Å². The number of nitrogens with two attached hydrogens (primary N) is 1. The van der Waals surface area contributed by atoms with Gasteiger partial charge in [-0.05, 0) is 49.7 Å². The molecule has 9 nitrogen and oxygen atoms in total. The molecule has 2 fully saturated rings. The minimum absolute atomic E-state index is 0.0195. The van der Waals surface area contributed by atoms with E-state index >= 15 is 0 Å². The van der Waals surface area contributed by atoms with Gasteiger partial charge in [0, 0.05) is 16.7 Å². The fourth-order valence-corrected chi connectivity index (χ4v) is 3.40. The molecule has 0 aromatic carbocycles. The van der Waals surface area contributed by atoms with Crippen LogP contribution in [-0.2, 0) is 18.9 Å². The summed E-state index contributed by atoms with van der Waals surface area (Å²) < 4.78 is 34.1. The van der Waals surface area contributed by atoms with Gasteiger partial charge in [0.2, 0.25) is 0 Å². The van der Waals surface area contributed by atoms with Gasteiger partial charge in [-0.15, -0.1) is 0 Å². The minimum Gasteiger partial charge on any atom is -0.489 e. The predicted molar refractivity (Wildman–Crippen MR) is 121 cm³/mol. The molecule has 32 heavy (non-hydrogen) atoms. The lowest BCUT2D eigenvalue weighted by Gasteiger charge is -2.17. The molecule has 0 spiro atoms. The zero-order chi connectivity index (χ0) is 23.2. The van der Waals surface area contributed by atoms with Crippen molar-refractivity contribution in [3.63, 3.8) is 0 Å². The summed E-state index contributed by atoms with van der Waals surface area (Å²) >= 11 is 3.34. The minimum atomic E-state index is -0.512. The normalized spacial score (nSPS) is 23.3. The molecule has 2 aliphatic rings. The Morgan fingerprint density at radius 1 is 0.875 bits per heavy atom. The first-order valence-corrected chi connectivity index (χ1v) is 11.1. The van der Waals surface area contributed by atoms with Crippen LogP contribution in [0.1, 0.15) is 27.7 Å². The van der Waals surface area contributed by atoms with Crippen molar-refractivity contribution in [3.8, 4) is 11.5 Å². The van der Waals surface area contributed by atoms with E-state index in [0.29, 0.717) is 37.9 Å². The van der Waals surface area contributed by atoms with E-state index in [0.717, 1.165) is 10.2 Å². The lowest BCUT2D eigenvalue weighted by molar-refractivity contribution is -0.141. The SMILES string of the molecule is CC1(C)OC[C@@H](COc2cncc(Br)c2)O1.CC1(C)OC[C@@H](COc2cncc(N)c2)O1. The zero-order valence-corrected chi connectivity index (χ0v) is 20.3. The van der Waals surface area contributed by atoms with Crippen molar-refractivity contribution < 1.29 is 28.4 Å². The first-order valence-electron chi connectivity index (χ1n) is 10.3. The molecule has 0 bridgehead atoms. The molecule has 2 saturated heterocycles. The number of halogens is 1. The summed E-state index contributed by atoms with van der Waals surface area (Å²) in [5, 5.41) is 0. The average Bonchev–Trinajstić information content (AvgIpc) is 3.26. The van der Waals surface area contributed by atoms with Crippen LogP contribution in [0.2, 0.25) is 0 Å². The van der Waals surface area contributed by atoms with Crippen LogP contribution in [0.5, 0.6) is 11.5 Å². The zero-order valence-electron chi connectivity index (χ0n) is 18.7. The maximum Gasteiger partial charge on any atom is 0.163 e. The first kappa shape index (κ1) is 24.7. The molecule has 0 amide bonds. The molecule has 176 valence electrons. The summed E-state index contributed by atoms with van der Waals surface area (Å²) in [5.74, 6) is 0.363. The van der Waals surface area contributed by atoms with Crippen LogP contribution in [0.3, 0.4) is 0 Å². The molecule has 10 heteroatoms. The molecule has 2 N–H and O–H groups in total. The Hall–Kier alpha value is -1.98. The summed E-state index contributed by atoms with van der Waals surface area (Å²) in [5.41, 5.74) is 6.17. The maximum atomic E-state index is 5.62. The Bertz CT molecular complexity index is 811. The number of rotatable bonds is 6. The van der Waals surface area contributed by atoms with Crippen LogP contribution in [0.25, 0.3) is 0 Å². The van der Waals surface area contributed by atoms with Crippen LogP contribution in [0, 0.1) is 0 Å². The van der Waals surface area contributed by atoms with E-state index in [1.165, 1.54) is 0 Å². The van der Waals surface area contributed by atoms with Crippen LogP contribution in [-0.4, -0.2) is 60.2 Å². The molecule has 2 aromatic heterocycles. The fraction of sp³-hybridized carbons (Fsp3) is 0.545. The number of ether oxygens (including phenoxy) is 6. The van der Waals surface area contributed by atoms with Crippen LogP contribution in [0.4, 0.5) is 5.69 Å². The third kappa shape index (κ3) is 8.18. The highest BCUT2D eigenvalue weighted by molar-refractivity contribution is 9.10. The van der Waals surface area contributed by atoms with Gasteiger partial charge in [-0.25, -0.2) is 0 Å². The van der Waals surface area contributed by atoms with E-state index in [1.807, 2.05) is 33.8 Å². The van der Waals surface area contributed by atoms with Crippen molar-refractivity contribution in [2.45, 2.75) is 51.5 Å².